The summed E-state index contributed by atoms with van der Waals surface area (Å²) in [5.41, 5.74) is 6.27. The number of phenols is 1. The van der Waals surface area contributed by atoms with E-state index in [-0.39, 0.29) is 17.1 Å². The Hall–Kier alpha value is -2.08. The predicted molar refractivity (Wildman–Crippen MR) is 65.3 cm³/mol. The van der Waals surface area contributed by atoms with Gasteiger partial charge in [-0.15, -0.1) is 11.3 Å². The maximum atomic E-state index is 10.9. The molecule has 0 saturated heterocycles. The van der Waals surface area contributed by atoms with Crippen LogP contribution in [0.3, 0.4) is 0 Å². The second-order valence-electron chi connectivity index (χ2n) is 3.47. The summed E-state index contributed by atoms with van der Waals surface area (Å²) in [5.74, 6) is -1.15. The molecular weight excluding hydrogens is 240 g/mol. The van der Waals surface area contributed by atoms with Crippen LogP contribution in [-0.2, 0) is 0 Å². The maximum Gasteiger partial charge on any atom is 0.355 e. The molecule has 0 atom stereocenters. The first-order chi connectivity index (χ1) is 8.00. The van der Waals surface area contributed by atoms with Crippen molar-refractivity contribution in [2.75, 3.05) is 5.73 Å². The predicted octanol–water partition coefficient (Wildman–Crippen LogP) is 2.10. The van der Waals surface area contributed by atoms with E-state index in [1.165, 1.54) is 11.3 Å². The summed E-state index contributed by atoms with van der Waals surface area (Å²) in [6, 6.07) is 4.90. The third-order valence-electron chi connectivity index (χ3n) is 2.30. The fourth-order valence-electron chi connectivity index (χ4n) is 1.44. The van der Waals surface area contributed by atoms with Crippen molar-refractivity contribution in [3.8, 4) is 16.3 Å². The molecule has 0 unspecified atom stereocenters. The second-order valence-corrected chi connectivity index (χ2v) is 4.68. The van der Waals surface area contributed by atoms with Gasteiger partial charge in [0.05, 0.1) is 11.3 Å². The van der Waals surface area contributed by atoms with Crippen LogP contribution in [0.25, 0.3) is 10.6 Å². The zero-order valence-electron chi connectivity index (χ0n) is 8.97. The van der Waals surface area contributed by atoms with Crippen LogP contribution in [0.15, 0.2) is 18.2 Å². The molecule has 88 valence electrons. The number of nitrogens with zero attached hydrogens (tertiary/aromatic N) is 1. The van der Waals surface area contributed by atoms with E-state index >= 15 is 0 Å². The number of aryl methyl sites for hydroxylation is 1. The Morgan fingerprint density at radius 1 is 1.47 bits per heavy atom. The molecule has 0 fully saturated rings. The molecule has 0 radical (unpaired) electrons. The minimum Gasteiger partial charge on any atom is -0.505 e. The van der Waals surface area contributed by atoms with Crippen LogP contribution >= 0.6 is 11.3 Å². The van der Waals surface area contributed by atoms with Crippen LogP contribution in [0.1, 0.15) is 15.4 Å². The number of rotatable bonds is 2. The molecular formula is C11H10N2O3S. The highest BCUT2D eigenvalue weighted by Gasteiger charge is 2.17. The van der Waals surface area contributed by atoms with Crippen molar-refractivity contribution in [2.24, 2.45) is 0 Å². The molecule has 1 heterocycles. The van der Waals surface area contributed by atoms with Crippen molar-refractivity contribution in [1.82, 2.24) is 4.98 Å². The number of carboxylic acids is 1. The fraction of sp³-hybridized carbons (Fsp3) is 0.0909. The van der Waals surface area contributed by atoms with Gasteiger partial charge in [0.2, 0.25) is 0 Å². The first kappa shape index (κ1) is 11.4. The average molecular weight is 250 g/mol. The molecule has 6 heteroatoms. The zero-order chi connectivity index (χ0) is 12.6. The fourth-order valence-corrected chi connectivity index (χ4v) is 2.38. The van der Waals surface area contributed by atoms with Crippen LogP contribution in [0.4, 0.5) is 5.69 Å². The van der Waals surface area contributed by atoms with Gasteiger partial charge in [-0.05, 0) is 19.1 Å². The van der Waals surface area contributed by atoms with E-state index in [0.29, 0.717) is 15.4 Å². The molecule has 0 amide bonds. The number of anilines is 1. The summed E-state index contributed by atoms with van der Waals surface area (Å²) in [7, 11) is 0. The molecule has 2 aromatic rings. The van der Waals surface area contributed by atoms with Gasteiger partial charge in [0.25, 0.3) is 0 Å². The molecule has 0 aliphatic heterocycles. The number of carbonyl (C=O) groups is 1. The van der Waals surface area contributed by atoms with Crippen molar-refractivity contribution >= 4 is 23.0 Å². The lowest BCUT2D eigenvalue weighted by molar-refractivity contribution is 0.0690. The summed E-state index contributed by atoms with van der Waals surface area (Å²) >= 11 is 1.21. The lowest BCUT2D eigenvalue weighted by Crippen LogP contribution is -1.98. The molecule has 0 bridgehead atoms. The molecule has 1 aromatic carbocycles. The summed E-state index contributed by atoms with van der Waals surface area (Å²) in [6.07, 6.45) is 0. The molecule has 0 saturated carbocycles. The average Bonchev–Trinajstić information content (AvgIpc) is 2.64. The van der Waals surface area contributed by atoms with Crippen molar-refractivity contribution in [2.45, 2.75) is 6.92 Å². The molecule has 2 rings (SSSR count). The van der Waals surface area contributed by atoms with Gasteiger partial charge in [0.15, 0.2) is 5.69 Å². The summed E-state index contributed by atoms with van der Waals surface area (Å²) in [4.78, 5) is 15.5. The minimum atomic E-state index is -1.08. The molecule has 5 nitrogen and oxygen atoms in total. The smallest absolute Gasteiger partial charge is 0.355 e. The van der Waals surface area contributed by atoms with Gasteiger partial charge < -0.3 is 15.9 Å². The number of hydrogen-bond acceptors (Lipinski definition) is 5. The SMILES string of the molecule is Cc1sc(-c2cccc(N)c2O)nc1C(=O)O. The van der Waals surface area contributed by atoms with E-state index in [2.05, 4.69) is 4.98 Å². The zero-order valence-corrected chi connectivity index (χ0v) is 9.78. The number of benzene rings is 1. The third kappa shape index (κ3) is 1.94. The quantitative estimate of drug-likeness (QED) is 0.560. The van der Waals surface area contributed by atoms with Crippen molar-refractivity contribution in [3.05, 3.63) is 28.8 Å². The van der Waals surface area contributed by atoms with Crippen LogP contribution in [0, 0.1) is 6.92 Å². The monoisotopic (exact) mass is 250 g/mol. The molecule has 17 heavy (non-hydrogen) atoms. The topological polar surface area (TPSA) is 96.4 Å². The van der Waals surface area contributed by atoms with Crippen molar-refractivity contribution < 1.29 is 15.0 Å². The van der Waals surface area contributed by atoms with Crippen molar-refractivity contribution in [1.29, 1.82) is 0 Å². The number of aromatic carboxylic acids is 1. The number of hydrogen-bond donors (Lipinski definition) is 3. The molecule has 0 spiro atoms. The highest BCUT2D eigenvalue weighted by Crippen LogP contribution is 2.36. The normalized spacial score (nSPS) is 10.4. The number of thiazole rings is 1. The van der Waals surface area contributed by atoms with Gasteiger partial charge in [-0.25, -0.2) is 9.78 Å². The number of para-hydroxylation sites is 1. The van der Waals surface area contributed by atoms with E-state index in [4.69, 9.17) is 10.8 Å². The largest absolute Gasteiger partial charge is 0.505 e. The van der Waals surface area contributed by atoms with Crippen LogP contribution in [-0.4, -0.2) is 21.2 Å². The number of nitrogen functional groups attached to an aromatic ring is 1. The van der Waals surface area contributed by atoms with E-state index in [1.807, 2.05) is 0 Å². The van der Waals surface area contributed by atoms with Gasteiger partial charge in [-0.1, -0.05) is 6.07 Å². The lowest BCUT2D eigenvalue weighted by atomic mass is 10.2. The first-order valence-corrected chi connectivity index (χ1v) is 5.61. The van der Waals surface area contributed by atoms with Crippen LogP contribution < -0.4 is 5.73 Å². The maximum absolute atomic E-state index is 10.9. The Morgan fingerprint density at radius 3 is 2.76 bits per heavy atom. The van der Waals surface area contributed by atoms with E-state index < -0.39 is 5.97 Å². The van der Waals surface area contributed by atoms with Gasteiger partial charge in [-0.2, -0.15) is 0 Å². The number of carboxylic acid groups (broad SMARTS) is 1. The highest BCUT2D eigenvalue weighted by atomic mass is 32.1. The summed E-state index contributed by atoms with van der Waals surface area (Å²) in [5, 5.41) is 19.1. The van der Waals surface area contributed by atoms with Gasteiger partial charge in [0.1, 0.15) is 10.8 Å². The molecule has 0 aliphatic rings. The Bertz CT molecular complexity index is 592. The number of phenolic OH excluding ortho intramolecular Hbond substituents is 1. The highest BCUT2D eigenvalue weighted by molar-refractivity contribution is 7.15. The Morgan fingerprint density at radius 2 is 2.18 bits per heavy atom. The van der Waals surface area contributed by atoms with Gasteiger partial charge in [0, 0.05) is 4.88 Å². The Balaban J connectivity index is 2.58. The molecule has 4 N–H and O–H groups in total. The third-order valence-corrected chi connectivity index (χ3v) is 3.30. The summed E-state index contributed by atoms with van der Waals surface area (Å²) < 4.78 is 0. The molecule has 0 aliphatic carbocycles. The van der Waals surface area contributed by atoms with Gasteiger partial charge >= 0.3 is 5.97 Å². The van der Waals surface area contributed by atoms with Crippen LogP contribution in [0.2, 0.25) is 0 Å². The Labute approximate surface area is 101 Å². The summed E-state index contributed by atoms with van der Waals surface area (Å²) in [6.45, 7) is 1.67. The van der Waals surface area contributed by atoms with E-state index in [9.17, 15) is 9.90 Å². The number of aromatic nitrogens is 1. The van der Waals surface area contributed by atoms with E-state index in [1.54, 1.807) is 25.1 Å². The number of aromatic hydroxyl groups is 1. The Kier molecular flexibility index (Phi) is 2.72. The standard InChI is InChI=1S/C11H10N2O3S/c1-5-8(11(15)16)13-10(17-5)6-3-2-4-7(12)9(6)14/h2-4,14H,12H2,1H3,(H,15,16). The van der Waals surface area contributed by atoms with Gasteiger partial charge in [-0.3, -0.25) is 0 Å². The molecule has 1 aromatic heterocycles. The lowest BCUT2D eigenvalue weighted by Gasteiger charge is -2.02. The first-order valence-electron chi connectivity index (χ1n) is 4.79. The van der Waals surface area contributed by atoms with Crippen molar-refractivity contribution in [3.63, 3.8) is 0 Å². The number of nitrogens with two attached hydrogens (primary N) is 1. The minimum absolute atomic E-state index is 0.00632. The van der Waals surface area contributed by atoms with E-state index in [0.717, 1.165) is 0 Å². The second kappa shape index (κ2) is 4.06. The van der Waals surface area contributed by atoms with Crippen LogP contribution in [0.5, 0.6) is 5.75 Å².